The van der Waals surface area contributed by atoms with Gasteiger partial charge in [0.2, 0.25) is 5.95 Å². The summed E-state index contributed by atoms with van der Waals surface area (Å²) in [6.45, 7) is 3.86. The van der Waals surface area contributed by atoms with Crippen molar-refractivity contribution in [1.29, 1.82) is 0 Å². The molecule has 5 nitrogen and oxygen atoms in total. The van der Waals surface area contributed by atoms with Gasteiger partial charge in [-0.25, -0.2) is 15.4 Å². The third kappa shape index (κ3) is 3.76. The van der Waals surface area contributed by atoms with Crippen LogP contribution in [0.5, 0.6) is 0 Å². The van der Waals surface area contributed by atoms with Gasteiger partial charge in [0.25, 0.3) is 0 Å². The molecule has 0 spiro atoms. The van der Waals surface area contributed by atoms with Crippen LogP contribution in [-0.4, -0.2) is 15.7 Å². The van der Waals surface area contributed by atoms with Crippen LogP contribution in [0.3, 0.4) is 0 Å². The van der Waals surface area contributed by atoms with E-state index in [1.807, 2.05) is 74.5 Å². The highest BCUT2D eigenvalue weighted by molar-refractivity contribution is 5.99. The van der Waals surface area contributed by atoms with Crippen LogP contribution < -0.4 is 11.2 Å². The van der Waals surface area contributed by atoms with Crippen LogP contribution in [0.2, 0.25) is 0 Å². The molecular formula is C19H19N5. The van der Waals surface area contributed by atoms with Crippen LogP contribution >= 0.6 is 0 Å². The van der Waals surface area contributed by atoms with Crippen molar-refractivity contribution in [1.82, 2.24) is 9.97 Å². The molecule has 3 rings (SSSR count). The molecule has 0 saturated carbocycles. The van der Waals surface area contributed by atoms with E-state index in [0.717, 1.165) is 33.9 Å². The van der Waals surface area contributed by atoms with E-state index < -0.39 is 0 Å². The van der Waals surface area contributed by atoms with E-state index in [1.165, 1.54) is 0 Å². The van der Waals surface area contributed by atoms with Gasteiger partial charge in [0.15, 0.2) is 0 Å². The van der Waals surface area contributed by atoms with Crippen molar-refractivity contribution in [3.8, 4) is 11.3 Å². The van der Waals surface area contributed by atoms with Crippen LogP contribution in [0.15, 0.2) is 65.8 Å². The van der Waals surface area contributed by atoms with Crippen LogP contribution in [0.4, 0.5) is 11.6 Å². The molecule has 120 valence electrons. The van der Waals surface area contributed by atoms with Crippen molar-refractivity contribution < 1.29 is 0 Å². The average Bonchev–Trinajstić information content (AvgIpc) is 2.60. The van der Waals surface area contributed by atoms with E-state index in [0.29, 0.717) is 5.95 Å². The first-order chi connectivity index (χ1) is 11.6. The largest absolute Gasteiger partial charge is 0.399 e. The van der Waals surface area contributed by atoms with Crippen molar-refractivity contribution >= 4 is 17.3 Å². The van der Waals surface area contributed by atoms with Crippen molar-refractivity contribution in [2.45, 2.75) is 13.8 Å². The number of hydrazone groups is 1. The Bertz CT molecular complexity index is 855. The third-order valence-electron chi connectivity index (χ3n) is 3.58. The maximum absolute atomic E-state index is 5.70. The molecule has 0 saturated heterocycles. The van der Waals surface area contributed by atoms with Gasteiger partial charge in [0, 0.05) is 16.9 Å². The van der Waals surface area contributed by atoms with Crippen molar-refractivity contribution in [2.75, 3.05) is 11.2 Å². The number of nitrogen functional groups attached to an aromatic ring is 1. The highest BCUT2D eigenvalue weighted by Crippen LogP contribution is 2.18. The van der Waals surface area contributed by atoms with Gasteiger partial charge in [-0.15, -0.1) is 0 Å². The first-order valence-electron chi connectivity index (χ1n) is 7.69. The number of hydrogen-bond donors (Lipinski definition) is 2. The van der Waals surface area contributed by atoms with Gasteiger partial charge >= 0.3 is 0 Å². The molecule has 3 aromatic rings. The molecule has 0 amide bonds. The Morgan fingerprint density at radius 2 is 1.71 bits per heavy atom. The first-order valence-corrected chi connectivity index (χ1v) is 7.69. The highest BCUT2D eigenvalue weighted by Gasteiger charge is 2.04. The Labute approximate surface area is 141 Å². The van der Waals surface area contributed by atoms with Crippen LogP contribution in [0.25, 0.3) is 11.3 Å². The molecule has 0 fully saturated rings. The Kier molecular flexibility index (Phi) is 4.52. The zero-order valence-corrected chi connectivity index (χ0v) is 13.7. The molecule has 3 N–H and O–H groups in total. The summed E-state index contributed by atoms with van der Waals surface area (Å²) < 4.78 is 0. The highest BCUT2D eigenvalue weighted by atomic mass is 15.4. The molecule has 0 bridgehead atoms. The fourth-order valence-electron chi connectivity index (χ4n) is 2.30. The zero-order valence-electron chi connectivity index (χ0n) is 13.7. The number of anilines is 2. The molecule has 0 unspecified atom stereocenters. The minimum absolute atomic E-state index is 0.476. The molecule has 0 aliphatic heterocycles. The van der Waals surface area contributed by atoms with E-state index in [1.54, 1.807) is 0 Å². The van der Waals surface area contributed by atoms with Crippen LogP contribution in [0.1, 0.15) is 18.2 Å². The third-order valence-corrected chi connectivity index (χ3v) is 3.58. The van der Waals surface area contributed by atoms with Gasteiger partial charge in [0.05, 0.1) is 11.4 Å². The summed E-state index contributed by atoms with van der Waals surface area (Å²) in [7, 11) is 0. The van der Waals surface area contributed by atoms with E-state index in [-0.39, 0.29) is 0 Å². The molecule has 0 radical (unpaired) electrons. The molecule has 24 heavy (non-hydrogen) atoms. The molecular weight excluding hydrogens is 298 g/mol. The topological polar surface area (TPSA) is 76.2 Å². The standard InChI is InChI=1S/C19H19N5/c1-13-12-18(16-6-4-3-5-7-16)22-19(21-13)24-23-14(2)15-8-10-17(20)11-9-15/h3-12H,20H2,1-2H3,(H,21,22,24)/b23-14-. The fourth-order valence-corrected chi connectivity index (χ4v) is 2.30. The Morgan fingerprint density at radius 3 is 2.42 bits per heavy atom. The van der Waals surface area contributed by atoms with Gasteiger partial charge < -0.3 is 5.73 Å². The van der Waals surface area contributed by atoms with E-state index >= 15 is 0 Å². The maximum Gasteiger partial charge on any atom is 0.244 e. The number of aryl methyl sites for hydroxylation is 1. The average molecular weight is 317 g/mol. The van der Waals surface area contributed by atoms with Crippen LogP contribution in [-0.2, 0) is 0 Å². The van der Waals surface area contributed by atoms with Gasteiger partial charge in [0.1, 0.15) is 0 Å². The van der Waals surface area contributed by atoms with Gasteiger partial charge in [-0.1, -0.05) is 42.5 Å². The molecule has 0 atom stereocenters. The molecule has 5 heteroatoms. The van der Waals surface area contributed by atoms with Gasteiger partial charge in [-0.2, -0.15) is 5.10 Å². The molecule has 1 aromatic heterocycles. The lowest BCUT2D eigenvalue weighted by atomic mass is 10.1. The predicted molar refractivity (Wildman–Crippen MR) is 98.9 cm³/mol. The van der Waals surface area contributed by atoms with E-state index in [9.17, 15) is 0 Å². The number of nitrogens with zero attached hydrogens (tertiary/aromatic N) is 3. The van der Waals surface area contributed by atoms with Crippen molar-refractivity contribution in [2.24, 2.45) is 5.10 Å². The summed E-state index contributed by atoms with van der Waals surface area (Å²) in [6.07, 6.45) is 0. The number of nitrogens with one attached hydrogen (secondary N) is 1. The number of aromatic nitrogens is 2. The fraction of sp³-hybridized carbons (Fsp3) is 0.105. The summed E-state index contributed by atoms with van der Waals surface area (Å²) in [5, 5.41) is 4.37. The molecule has 2 aromatic carbocycles. The zero-order chi connectivity index (χ0) is 16.9. The smallest absolute Gasteiger partial charge is 0.244 e. The summed E-state index contributed by atoms with van der Waals surface area (Å²) in [4.78, 5) is 8.92. The Morgan fingerprint density at radius 1 is 1.00 bits per heavy atom. The molecule has 0 aliphatic carbocycles. The second-order valence-electron chi connectivity index (χ2n) is 5.52. The Balaban J connectivity index is 1.84. The lowest BCUT2D eigenvalue weighted by molar-refractivity contribution is 1.07. The summed E-state index contributed by atoms with van der Waals surface area (Å²) >= 11 is 0. The normalized spacial score (nSPS) is 11.3. The number of hydrogen-bond acceptors (Lipinski definition) is 5. The minimum atomic E-state index is 0.476. The lowest BCUT2D eigenvalue weighted by Gasteiger charge is -2.07. The number of benzene rings is 2. The molecule has 1 heterocycles. The number of rotatable bonds is 4. The van der Waals surface area contributed by atoms with Crippen molar-refractivity contribution in [3.05, 3.63) is 71.9 Å². The minimum Gasteiger partial charge on any atom is -0.399 e. The van der Waals surface area contributed by atoms with E-state index in [2.05, 4.69) is 20.5 Å². The lowest BCUT2D eigenvalue weighted by Crippen LogP contribution is -2.04. The number of nitrogens with two attached hydrogens (primary N) is 1. The quantitative estimate of drug-likeness (QED) is 0.435. The van der Waals surface area contributed by atoms with Crippen LogP contribution in [0, 0.1) is 6.92 Å². The van der Waals surface area contributed by atoms with Crippen molar-refractivity contribution in [3.63, 3.8) is 0 Å². The van der Waals surface area contributed by atoms with E-state index in [4.69, 9.17) is 5.73 Å². The maximum atomic E-state index is 5.70. The summed E-state index contributed by atoms with van der Waals surface area (Å²) in [5.41, 5.74) is 14.0. The monoisotopic (exact) mass is 317 g/mol. The first kappa shape index (κ1) is 15.7. The Hall–Kier alpha value is -3.21. The molecule has 0 aliphatic rings. The van der Waals surface area contributed by atoms with Gasteiger partial charge in [-0.3, -0.25) is 0 Å². The second kappa shape index (κ2) is 6.91. The van der Waals surface area contributed by atoms with Gasteiger partial charge in [-0.05, 0) is 37.6 Å². The summed E-state index contributed by atoms with van der Waals surface area (Å²) in [6, 6.07) is 19.5. The second-order valence-corrected chi connectivity index (χ2v) is 5.52. The SMILES string of the molecule is C/C(=N/Nc1nc(C)cc(-c2ccccc2)n1)c1ccc(N)cc1. The summed E-state index contributed by atoms with van der Waals surface area (Å²) in [5.74, 6) is 0.476. The predicted octanol–water partition coefficient (Wildman–Crippen LogP) is 3.87.